The van der Waals surface area contributed by atoms with Crippen molar-refractivity contribution in [1.82, 2.24) is 0 Å². The summed E-state index contributed by atoms with van der Waals surface area (Å²) >= 11 is 1.53. The number of sulfonamides is 1. The van der Waals surface area contributed by atoms with Crippen LogP contribution in [0.4, 0.5) is 11.4 Å². The zero-order valence-electron chi connectivity index (χ0n) is 18.6. The van der Waals surface area contributed by atoms with Crippen LogP contribution in [0.5, 0.6) is 0 Å². The van der Waals surface area contributed by atoms with Gasteiger partial charge in [-0.1, -0.05) is 78.5 Å². The summed E-state index contributed by atoms with van der Waals surface area (Å²) in [4.78, 5) is 15.2. The Balaban J connectivity index is 1.62. The lowest BCUT2D eigenvalue weighted by atomic mass is 10.2. The third-order valence-corrected chi connectivity index (χ3v) is 7.99. The number of rotatable bonds is 8. The molecule has 5 nitrogen and oxygen atoms in total. The van der Waals surface area contributed by atoms with E-state index in [1.807, 2.05) is 73.7 Å². The van der Waals surface area contributed by atoms with Crippen LogP contribution in [0.15, 0.2) is 124 Å². The predicted molar refractivity (Wildman–Crippen MR) is 138 cm³/mol. The summed E-state index contributed by atoms with van der Waals surface area (Å²) < 4.78 is 28.2. The highest BCUT2D eigenvalue weighted by atomic mass is 32.2. The van der Waals surface area contributed by atoms with E-state index < -0.39 is 15.9 Å². The van der Waals surface area contributed by atoms with Crippen molar-refractivity contribution in [1.29, 1.82) is 0 Å². The molecule has 0 bridgehead atoms. The maximum absolute atomic E-state index is 13.5. The first kappa shape index (κ1) is 23.6. The molecule has 0 spiro atoms. The highest BCUT2D eigenvalue weighted by molar-refractivity contribution is 7.99. The number of benzene rings is 4. The monoisotopic (exact) mass is 488 g/mol. The number of hydrogen-bond donors (Lipinski definition) is 1. The molecule has 0 aliphatic rings. The van der Waals surface area contributed by atoms with Gasteiger partial charge in [0.1, 0.15) is 6.54 Å². The van der Waals surface area contributed by atoms with Gasteiger partial charge in [0.25, 0.3) is 10.0 Å². The summed E-state index contributed by atoms with van der Waals surface area (Å²) in [7, 11) is -3.96. The molecular weight excluding hydrogens is 464 g/mol. The van der Waals surface area contributed by atoms with Gasteiger partial charge in [-0.2, -0.15) is 0 Å². The number of amides is 1. The number of nitrogens with zero attached hydrogens (tertiary/aromatic N) is 1. The van der Waals surface area contributed by atoms with Crippen LogP contribution in [0.1, 0.15) is 5.56 Å². The predicted octanol–water partition coefficient (Wildman–Crippen LogP) is 5.98. The Hall–Kier alpha value is -3.55. The van der Waals surface area contributed by atoms with Crippen molar-refractivity contribution in [3.8, 4) is 0 Å². The van der Waals surface area contributed by atoms with Gasteiger partial charge in [-0.3, -0.25) is 9.10 Å². The molecule has 1 N–H and O–H groups in total. The normalized spacial score (nSPS) is 11.1. The van der Waals surface area contributed by atoms with Crippen molar-refractivity contribution in [3.05, 3.63) is 115 Å². The molecule has 4 rings (SSSR count). The number of para-hydroxylation sites is 2. The van der Waals surface area contributed by atoms with Crippen molar-refractivity contribution in [3.63, 3.8) is 0 Å². The largest absolute Gasteiger partial charge is 0.323 e. The molecular formula is C27H24N2O3S2. The van der Waals surface area contributed by atoms with E-state index >= 15 is 0 Å². The number of carbonyl (C=O) groups excluding carboxylic acids is 1. The first-order valence-electron chi connectivity index (χ1n) is 10.7. The maximum atomic E-state index is 13.5. The minimum Gasteiger partial charge on any atom is -0.323 e. The first-order chi connectivity index (χ1) is 16.4. The molecule has 0 fully saturated rings. The van der Waals surface area contributed by atoms with Gasteiger partial charge in [-0.15, -0.1) is 0 Å². The molecule has 0 radical (unpaired) electrons. The molecule has 1 amide bonds. The van der Waals surface area contributed by atoms with E-state index in [0.29, 0.717) is 11.4 Å². The standard InChI is InChI=1S/C27H24N2O3S2/c1-21-12-8-10-18-25(21)29(34(31,32)23-15-6-3-7-16-23)20-27(30)28-24-17-9-11-19-26(24)33-22-13-4-2-5-14-22/h2-19H,20H2,1H3,(H,28,30). The van der Waals surface area contributed by atoms with E-state index in [9.17, 15) is 13.2 Å². The molecule has 0 heterocycles. The highest BCUT2D eigenvalue weighted by Gasteiger charge is 2.28. The average Bonchev–Trinajstić information content (AvgIpc) is 2.85. The third kappa shape index (κ3) is 5.50. The second-order valence-electron chi connectivity index (χ2n) is 7.57. The molecule has 4 aromatic carbocycles. The zero-order valence-corrected chi connectivity index (χ0v) is 20.2. The van der Waals surface area contributed by atoms with Gasteiger partial charge in [0.2, 0.25) is 5.91 Å². The fraction of sp³-hybridized carbons (Fsp3) is 0.0741. The van der Waals surface area contributed by atoms with E-state index in [0.717, 1.165) is 15.4 Å². The molecule has 0 atom stereocenters. The quantitative estimate of drug-likeness (QED) is 0.331. The van der Waals surface area contributed by atoms with Crippen molar-refractivity contribution >= 4 is 39.1 Å². The lowest BCUT2D eigenvalue weighted by Crippen LogP contribution is -2.38. The minimum absolute atomic E-state index is 0.131. The minimum atomic E-state index is -3.96. The molecule has 0 saturated heterocycles. The Bertz CT molecular complexity index is 1380. The van der Waals surface area contributed by atoms with Gasteiger partial charge in [-0.25, -0.2) is 8.42 Å². The van der Waals surface area contributed by atoms with E-state index in [2.05, 4.69) is 5.32 Å². The molecule has 34 heavy (non-hydrogen) atoms. The van der Waals surface area contributed by atoms with E-state index in [1.165, 1.54) is 28.2 Å². The van der Waals surface area contributed by atoms with Crippen LogP contribution < -0.4 is 9.62 Å². The fourth-order valence-corrected chi connectivity index (χ4v) is 5.89. The molecule has 0 aliphatic heterocycles. The SMILES string of the molecule is Cc1ccccc1N(CC(=O)Nc1ccccc1Sc1ccccc1)S(=O)(=O)c1ccccc1. The smallest absolute Gasteiger partial charge is 0.264 e. The summed E-state index contributed by atoms with van der Waals surface area (Å²) in [6.07, 6.45) is 0. The Morgan fingerprint density at radius 2 is 1.38 bits per heavy atom. The van der Waals surface area contributed by atoms with Gasteiger partial charge < -0.3 is 5.32 Å². The number of aryl methyl sites for hydroxylation is 1. The van der Waals surface area contributed by atoms with Crippen molar-refractivity contribution in [2.75, 3.05) is 16.2 Å². The fourth-order valence-electron chi connectivity index (χ4n) is 3.46. The summed E-state index contributed by atoms with van der Waals surface area (Å²) in [5, 5.41) is 2.91. The number of hydrogen-bond acceptors (Lipinski definition) is 4. The molecule has 0 aromatic heterocycles. The van der Waals surface area contributed by atoms with E-state index in [-0.39, 0.29) is 11.4 Å². The van der Waals surface area contributed by atoms with Crippen LogP contribution in [0.25, 0.3) is 0 Å². The van der Waals surface area contributed by atoms with E-state index in [4.69, 9.17) is 0 Å². The second-order valence-corrected chi connectivity index (χ2v) is 10.5. The Morgan fingerprint density at radius 1 is 0.794 bits per heavy atom. The Kier molecular flexibility index (Phi) is 7.35. The van der Waals surface area contributed by atoms with Gasteiger partial charge in [0, 0.05) is 9.79 Å². The summed E-state index contributed by atoms with van der Waals surface area (Å²) in [6.45, 7) is 1.47. The van der Waals surface area contributed by atoms with Crippen molar-refractivity contribution < 1.29 is 13.2 Å². The molecule has 7 heteroatoms. The van der Waals surface area contributed by atoms with Crippen molar-refractivity contribution in [2.45, 2.75) is 21.6 Å². The van der Waals surface area contributed by atoms with Gasteiger partial charge in [0.15, 0.2) is 0 Å². The molecule has 172 valence electrons. The van der Waals surface area contributed by atoms with Crippen LogP contribution in [0.2, 0.25) is 0 Å². The molecule has 0 saturated carbocycles. The van der Waals surface area contributed by atoms with Crippen LogP contribution in [-0.4, -0.2) is 20.9 Å². The zero-order chi connectivity index (χ0) is 24.0. The summed E-state index contributed by atoms with van der Waals surface area (Å²) in [5.41, 5.74) is 1.85. The Labute approximate surface area is 204 Å². The van der Waals surface area contributed by atoms with Crippen LogP contribution in [-0.2, 0) is 14.8 Å². The number of anilines is 2. The summed E-state index contributed by atoms with van der Waals surface area (Å²) in [5.74, 6) is -0.427. The van der Waals surface area contributed by atoms with Crippen LogP contribution in [0, 0.1) is 6.92 Å². The Morgan fingerprint density at radius 3 is 2.09 bits per heavy atom. The van der Waals surface area contributed by atoms with Gasteiger partial charge in [0.05, 0.1) is 16.3 Å². The van der Waals surface area contributed by atoms with Gasteiger partial charge >= 0.3 is 0 Å². The average molecular weight is 489 g/mol. The van der Waals surface area contributed by atoms with Gasteiger partial charge in [-0.05, 0) is 55.0 Å². The first-order valence-corrected chi connectivity index (χ1v) is 13.0. The topological polar surface area (TPSA) is 66.5 Å². The molecule has 0 unspecified atom stereocenters. The summed E-state index contributed by atoms with van der Waals surface area (Å²) in [6, 6.07) is 32.6. The van der Waals surface area contributed by atoms with E-state index in [1.54, 1.807) is 30.3 Å². The lowest BCUT2D eigenvalue weighted by Gasteiger charge is -2.25. The molecule has 0 aliphatic carbocycles. The van der Waals surface area contributed by atoms with Crippen LogP contribution >= 0.6 is 11.8 Å². The number of carbonyl (C=O) groups is 1. The third-order valence-electron chi connectivity index (χ3n) is 5.13. The lowest BCUT2D eigenvalue weighted by molar-refractivity contribution is -0.114. The molecule has 4 aromatic rings. The van der Waals surface area contributed by atoms with Crippen LogP contribution in [0.3, 0.4) is 0 Å². The second kappa shape index (κ2) is 10.6. The highest BCUT2D eigenvalue weighted by Crippen LogP contribution is 2.33. The van der Waals surface area contributed by atoms with Crippen molar-refractivity contribution in [2.24, 2.45) is 0 Å². The maximum Gasteiger partial charge on any atom is 0.264 e. The number of nitrogens with one attached hydrogen (secondary N) is 1.